The predicted molar refractivity (Wildman–Crippen MR) is 78.5 cm³/mol. The standard InChI is InChI=1S/C16H14ClFN2O/c17-15-6-3-12(18)8-14(15)16(21)20(13-4-5-13)10-11-2-1-7-19-9-11/h1-3,6-9,13H,4-5,10H2. The van der Waals surface area contributed by atoms with Crippen molar-refractivity contribution in [2.24, 2.45) is 0 Å². The minimum absolute atomic E-state index is 0.206. The quantitative estimate of drug-likeness (QED) is 0.863. The van der Waals surface area contributed by atoms with Crippen molar-refractivity contribution < 1.29 is 9.18 Å². The zero-order valence-corrected chi connectivity index (χ0v) is 12.1. The molecule has 5 heteroatoms. The molecule has 3 nitrogen and oxygen atoms in total. The largest absolute Gasteiger partial charge is 0.331 e. The van der Waals surface area contributed by atoms with Crippen LogP contribution in [0.1, 0.15) is 28.8 Å². The maximum atomic E-state index is 13.4. The normalized spacial score (nSPS) is 14.0. The van der Waals surface area contributed by atoms with Crippen LogP contribution in [0, 0.1) is 5.82 Å². The van der Waals surface area contributed by atoms with E-state index in [0.29, 0.717) is 6.54 Å². The van der Waals surface area contributed by atoms with E-state index < -0.39 is 5.82 Å². The Bertz CT molecular complexity index is 659. The molecule has 0 unspecified atom stereocenters. The minimum atomic E-state index is -0.458. The van der Waals surface area contributed by atoms with E-state index in [0.717, 1.165) is 18.4 Å². The summed E-state index contributed by atoms with van der Waals surface area (Å²) in [6.45, 7) is 0.462. The fourth-order valence-electron chi connectivity index (χ4n) is 2.26. The van der Waals surface area contributed by atoms with Gasteiger partial charge in [-0.2, -0.15) is 0 Å². The number of pyridine rings is 1. The van der Waals surface area contributed by atoms with Gasteiger partial charge in [0.1, 0.15) is 5.82 Å². The molecular formula is C16H14ClFN2O. The summed E-state index contributed by atoms with van der Waals surface area (Å²) in [5.41, 5.74) is 1.16. The predicted octanol–water partition coefficient (Wildman–Crippen LogP) is 3.68. The second-order valence-corrected chi connectivity index (χ2v) is 5.56. The van der Waals surface area contributed by atoms with Crippen LogP contribution < -0.4 is 0 Å². The summed E-state index contributed by atoms with van der Waals surface area (Å²) in [6.07, 6.45) is 5.37. The number of nitrogens with zero attached hydrogens (tertiary/aromatic N) is 2. The third-order valence-electron chi connectivity index (χ3n) is 3.48. The van der Waals surface area contributed by atoms with Gasteiger partial charge in [0.25, 0.3) is 5.91 Å². The van der Waals surface area contributed by atoms with Gasteiger partial charge in [0, 0.05) is 25.0 Å². The van der Waals surface area contributed by atoms with Crippen LogP contribution in [-0.4, -0.2) is 21.8 Å². The van der Waals surface area contributed by atoms with Crippen LogP contribution in [0.25, 0.3) is 0 Å². The number of hydrogen-bond acceptors (Lipinski definition) is 2. The molecule has 1 heterocycles. The minimum Gasteiger partial charge on any atom is -0.331 e. The lowest BCUT2D eigenvalue weighted by atomic mass is 10.1. The van der Waals surface area contributed by atoms with Crippen molar-refractivity contribution in [1.29, 1.82) is 0 Å². The van der Waals surface area contributed by atoms with Gasteiger partial charge in [-0.05, 0) is 42.7 Å². The lowest BCUT2D eigenvalue weighted by molar-refractivity contribution is 0.0729. The van der Waals surface area contributed by atoms with Gasteiger partial charge in [0.2, 0.25) is 0 Å². The Morgan fingerprint density at radius 2 is 2.19 bits per heavy atom. The van der Waals surface area contributed by atoms with Crippen molar-refractivity contribution in [3.63, 3.8) is 0 Å². The molecule has 1 aromatic carbocycles. The first-order chi connectivity index (χ1) is 10.1. The maximum absolute atomic E-state index is 13.4. The van der Waals surface area contributed by atoms with Gasteiger partial charge in [-0.15, -0.1) is 0 Å². The summed E-state index contributed by atoms with van der Waals surface area (Å²) >= 11 is 6.04. The first kappa shape index (κ1) is 14.0. The van der Waals surface area contributed by atoms with Crippen LogP contribution in [0.3, 0.4) is 0 Å². The van der Waals surface area contributed by atoms with Gasteiger partial charge < -0.3 is 4.90 Å². The molecule has 1 aromatic heterocycles. The van der Waals surface area contributed by atoms with Crippen molar-refractivity contribution in [2.45, 2.75) is 25.4 Å². The summed E-state index contributed by atoms with van der Waals surface area (Å²) in [6, 6.07) is 7.82. The summed E-state index contributed by atoms with van der Waals surface area (Å²) < 4.78 is 13.4. The molecule has 0 aliphatic heterocycles. The molecule has 0 saturated heterocycles. The molecular weight excluding hydrogens is 291 g/mol. The number of aromatic nitrogens is 1. The monoisotopic (exact) mass is 304 g/mol. The molecule has 1 aliphatic rings. The van der Waals surface area contributed by atoms with E-state index in [1.165, 1.54) is 18.2 Å². The third-order valence-corrected chi connectivity index (χ3v) is 3.81. The number of rotatable bonds is 4. The summed E-state index contributed by atoms with van der Waals surface area (Å²) in [5, 5.41) is 0.276. The van der Waals surface area contributed by atoms with Crippen molar-refractivity contribution in [3.8, 4) is 0 Å². The van der Waals surface area contributed by atoms with E-state index in [2.05, 4.69) is 4.98 Å². The van der Waals surface area contributed by atoms with Crippen LogP contribution in [0.4, 0.5) is 4.39 Å². The Morgan fingerprint density at radius 3 is 2.86 bits per heavy atom. The Balaban J connectivity index is 1.87. The smallest absolute Gasteiger partial charge is 0.256 e. The fraction of sp³-hybridized carbons (Fsp3) is 0.250. The lowest BCUT2D eigenvalue weighted by Crippen LogP contribution is -2.32. The van der Waals surface area contributed by atoms with Gasteiger partial charge in [0.05, 0.1) is 10.6 Å². The highest BCUT2D eigenvalue weighted by Gasteiger charge is 2.33. The lowest BCUT2D eigenvalue weighted by Gasteiger charge is -2.23. The molecule has 2 aromatic rings. The fourth-order valence-corrected chi connectivity index (χ4v) is 2.46. The molecule has 1 aliphatic carbocycles. The van der Waals surface area contributed by atoms with E-state index in [1.54, 1.807) is 17.3 Å². The molecule has 21 heavy (non-hydrogen) atoms. The van der Waals surface area contributed by atoms with Crippen molar-refractivity contribution in [1.82, 2.24) is 9.88 Å². The molecule has 1 fully saturated rings. The number of benzene rings is 1. The zero-order valence-electron chi connectivity index (χ0n) is 11.3. The van der Waals surface area contributed by atoms with Gasteiger partial charge >= 0.3 is 0 Å². The second kappa shape index (κ2) is 5.82. The molecule has 0 bridgehead atoms. The van der Waals surface area contributed by atoms with E-state index in [9.17, 15) is 9.18 Å². The molecule has 108 valence electrons. The molecule has 0 radical (unpaired) electrons. The van der Waals surface area contributed by atoms with Crippen molar-refractivity contribution in [3.05, 3.63) is 64.7 Å². The third kappa shape index (κ3) is 3.22. The van der Waals surface area contributed by atoms with E-state index >= 15 is 0 Å². The molecule has 0 atom stereocenters. The van der Waals surface area contributed by atoms with E-state index in [4.69, 9.17) is 11.6 Å². The highest BCUT2D eigenvalue weighted by atomic mass is 35.5. The SMILES string of the molecule is O=C(c1cc(F)ccc1Cl)N(Cc1cccnc1)C1CC1. The second-order valence-electron chi connectivity index (χ2n) is 5.15. The highest BCUT2D eigenvalue weighted by Crippen LogP contribution is 2.31. The Hall–Kier alpha value is -1.94. The zero-order chi connectivity index (χ0) is 14.8. The molecule has 0 N–H and O–H groups in total. The van der Waals surface area contributed by atoms with Crippen LogP contribution in [0.2, 0.25) is 5.02 Å². The van der Waals surface area contributed by atoms with E-state index in [1.807, 2.05) is 12.1 Å². The average Bonchev–Trinajstić information content (AvgIpc) is 3.32. The average molecular weight is 305 g/mol. The van der Waals surface area contributed by atoms with Crippen LogP contribution in [-0.2, 0) is 6.54 Å². The number of halogens is 2. The number of carbonyl (C=O) groups is 1. The first-order valence-electron chi connectivity index (χ1n) is 6.80. The first-order valence-corrected chi connectivity index (χ1v) is 7.18. The summed E-state index contributed by atoms with van der Waals surface area (Å²) in [5.74, 6) is -0.689. The Morgan fingerprint density at radius 1 is 1.38 bits per heavy atom. The van der Waals surface area contributed by atoms with Gasteiger partial charge in [-0.1, -0.05) is 17.7 Å². The summed E-state index contributed by atoms with van der Waals surface area (Å²) in [4.78, 5) is 18.5. The van der Waals surface area contributed by atoms with Gasteiger partial charge in [0.15, 0.2) is 0 Å². The molecule has 3 rings (SSSR count). The van der Waals surface area contributed by atoms with Crippen LogP contribution >= 0.6 is 11.6 Å². The Kier molecular flexibility index (Phi) is 3.88. The van der Waals surface area contributed by atoms with Crippen LogP contribution in [0.15, 0.2) is 42.7 Å². The van der Waals surface area contributed by atoms with Gasteiger partial charge in [-0.3, -0.25) is 9.78 Å². The number of hydrogen-bond donors (Lipinski definition) is 0. The van der Waals surface area contributed by atoms with Crippen LogP contribution in [0.5, 0.6) is 0 Å². The van der Waals surface area contributed by atoms with Crippen molar-refractivity contribution in [2.75, 3.05) is 0 Å². The van der Waals surface area contributed by atoms with Gasteiger partial charge in [-0.25, -0.2) is 4.39 Å². The summed E-state index contributed by atoms with van der Waals surface area (Å²) in [7, 11) is 0. The number of carbonyl (C=O) groups excluding carboxylic acids is 1. The molecule has 1 saturated carbocycles. The Labute approximate surface area is 127 Å². The van der Waals surface area contributed by atoms with E-state index in [-0.39, 0.29) is 22.5 Å². The topological polar surface area (TPSA) is 33.2 Å². The molecule has 0 spiro atoms. The van der Waals surface area contributed by atoms with Crippen molar-refractivity contribution >= 4 is 17.5 Å². The number of amides is 1. The molecule has 1 amide bonds. The maximum Gasteiger partial charge on any atom is 0.256 e. The highest BCUT2D eigenvalue weighted by molar-refractivity contribution is 6.33.